The zero-order chi connectivity index (χ0) is 7.40. The SMILES string of the molecule is CCN(NC)C1CCCC1. The Morgan fingerprint density at radius 2 is 2.00 bits per heavy atom. The fourth-order valence-corrected chi connectivity index (χ4v) is 1.81. The highest BCUT2D eigenvalue weighted by atomic mass is 15.5. The minimum absolute atomic E-state index is 0.815. The maximum Gasteiger partial charge on any atom is 0.0243 e. The number of hydrogen-bond acceptors (Lipinski definition) is 2. The van der Waals surface area contributed by atoms with Gasteiger partial charge in [-0.25, -0.2) is 5.01 Å². The molecule has 0 heterocycles. The van der Waals surface area contributed by atoms with Gasteiger partial charge in [0.25, 0.3) is 0 Å². The van der Waals surface area contributed by atoms with E-state index >= 15 is 0 Å². The summed E-state index contributed by atoms with van der Waals surface area (Å²) in [5, 5.41) is 2.34. The molecule has 10 heavy (non-hydrogen) atoms. The predicted molar refractivity (Wildman–Crippen MR) is 43.7 cm³/mol. The molecule has 1 rings (SSSR count). The lowest BCUT2D eigenvalue weighted by Crippen LogP contribution is -2.41. The van der Waals surface area contributed by atoms with Crippen molar-refractivity contribution < 1.29 is 0 Å². The van der Waals surface area contributed by atoms with E-state index in [1.54, 1.807) is 0 Å². The zero-order valence-electron chi connectivity index (χ0n) is 7.06. The van der Waals surface area contributed by atoms with Crippen LogP contribution >= 0.6 is 0 Å². The molecule has 0 aromatic rings. The molecule has 0 aliphatic heterocycles. The van der Waals surface area contributed by atoms with Crippen molar-refractivity contribution in [2.24, 2.45) is 0 Å². The molecule has 0 aromatic heterocycles. The van der Waals surface area contributed by atoms with Crippen LogP contribution in [0.15, 0.2) is 0 Å². The minimum atomic E-state index is 0.815. The molecule has 0 unspecified atom stereocenters. The Hall–Kier alpha value is -0.0800. The van der Waals surface area contributed by atoms with Gasteiger partial charge in [0, 0.05) is 12.6 Å². The van der Waals surface area contributed by atoms with Gasteiger partial charge in [-0.3, -0.25) is 5.43 Å². The Bertz CT molecular complexity index is 83.3. The fraction of sp³-hybridized carbons (Fsp3) is 1.00. The minimum Gasteiger partial charge on any atom is -0.258 e. The topological polar surface area (TPSA) is 15.3 Å². The molecule has 0 bridgehead atoms. The van der Waals surface area contributed by atoms with Gasteiger partial charge >= 0.3 is 0 Å². The summed E-state index contributed by atoms with van der Waals surface area (Å²) in [7, 11) is 2.02. The van der Waals surface area contributed by atoms with Crippen LogP contribution in [-0.2, 0) is 0 Å². The molecule has 1 aliphatic rings. The summed E-state index contributed by atoms with van der Waals surface area (Å²) in [5.41, 5.74) is 3.23. The van der Waals surface area contributed by atoms with E-state index < -0.39 is 0 Å². The monoisotopic (exact) mass is 142 g/mol. The van der Waals surface area contributed by atoms with Crippen molar-refractivity contribution in [1.29, 1.82) is 0 Å². The maximum atomic E-state index is 3.23. The zero-order valence-corrected chi connectivity index (χ0v) is 7.06. The van der Waals surface area contributed by atoms with E-state index in [9.17, 15) is 0 Å². The standard InChI is InChI=1S/C8H18N2/c1-3-10(9-2)8-6-4-5-7-8/h8-9H,3-7H2,1-2H3. The summed E-state index contributed by atoms with van der Waals surface area (Å²) < 4.78 is 0. The molecule has 2 heteroatoms. The van der Waals surface area contributed by atoms with Crippen molar-refractivity contribution in [3.05, 3.63) is 0 Å². The lowest BCUT2D eigenvalue weighted by molar-refractivity contribution is 0.150. The molecule has 0 atom stereocenters. The summed E-state index contributed by atoms with van der Waals surface area (Å²) in [6.45, 7) is 3.33. The second-order valence-corrected chi connectivity index (χ2v) is 2.95. The van der Waals surface area contributed by atoms with Crippen LogP contribution in [0.5, 0.6) is 0 Å². The lowest BCUT2D eigenvalue weighted by Gasteiger charge is -2.25. The molecule has 0 spiro atoms. The molecular weight excluding hydrogens is 124 g/mol. The van der Waals surface area contributed by atoms with Crippen LogP contribution < -0.4 is 5.43 Å². The van der Waals surface area contributed by atoms with Crippen LogP contribution in [0.4, 0.5) is 0 Å². The summed E-state index contributed by atoms with van der Waals surface area (Å²) in [6, 6.07) is 0.815. The van der Waals surface area contributed by atoms with Crippen LogP contribution in [-0.4, -0.2) is 24.6 Å². The van der Waals surface area contributed by atoms with Crippen LogP contribution in [0.2, 0.25) is 0 Å². The van der Waals surface area contributed by atoms with E-state index in [1.165, 1.54) is 25.7 Å². The van der Waals surface area contributed by atoms with Gasteiger partial charge < -0.3 is 0 Å². The van der Waals surface area contributed by atoms with Crippen LogP contribution in [0.25, 0.3) is 0 Å². The number of nitrogens with one attached hydrogen (secondary N) is 1. The maximum absolute atomic E-state index is 3.23. The van der Waals surface area contributed by atoms with E-state index in [4.69, 9.17) is 0 Å². The van der Waals surface area contributed by atoms with Crippen LogP contribution in [0, 0.1) is 0 Å². The third-order valence-corrected chi connectivity index (χ3v) is 2.39. The Labute approximate surface area is 63.6 Å². The number of nitrogens with zero attached hydrogens (tertiary/aromatic N) is 1. The van der Waals surface area contributed by atoms with Crippen LogP contribution in [0.3, 0.4) is 0 Å². The molecular formula is C8H18N2. The third-order valence-electron chi connectivity index (χ3n) is 2.39. The quantitative estimate of drug-likeness (QED) is 0.599. The molecule has 2 nitrogen and oxygen atoms in total. The van der Waals surface area contributed by atoms with Gasteiger partial charge in [0.2, 0.25) is 0 Å². The van der Waals surface area contributed by atoms with E-state index in [-0.39, 0.29) is 0 Å². The van der Waals surface area contributed by atoms with E-state index in [0.717, 1.165) is 12.6 Å². The van der Waals surface area contributed by atoms with Crippen molar-refractivity contribution in [3.8, 4) is 0 Å². The summed E-state index contributed by atoms with van der Waals surface area (Å²) >= 11 is 0. The van der Waals surface area contributed by atoms with Crippen molar-refractivity contribution in [3.63, 3.8) is 0 Å². The van der Waals surface area contributed by atoms with Gasteiger partial charge in [0.15, 0.2) is 0 Å². The normalized spacial score (nSPS) is 20.7. The average molecular weight is 142 g/mol. The van der Waals surface area contributed by atoms with E-state index in [2.05, 4.69) is 17.4 Å². The highest BCUT2D eigenvalue weighted by molar-refractivity contribution is 4.73. The van der Waals surface area contributed by atoms with Gasteiger partial charge in [-0.15, -0.1) is 0 Å². The van der Waals surface area contributed by atoms with E-state index in [1.807, 2.05) is 7.05 Å². The van der Waals surface area contributed by atoms with Gasteiger partial charge in [-0.2, -0.15) is 0 Å². The predicted octanol–water partition coefficient (Wildman–Crippen LogP) is 1.39. The van der Waals surface area contributed by atoms with Gasteiger partial charge in [-0.05, 0) is 19.9 Å². The Morgan fingerprint density at radius 3 is 2.40 bits per heavy atom. The van der Waals surface area contributed by atoms with Crippen molar-refractivity contribution in [1.82, 2.24) is 10.4 Å². The first-order valence-corrected chi connectivity index (χ1v) is 4.32. The summed E-state index contributed by atoms with van der Waals surface area (Å²) in [4.78, 5) is 0. The third kappa shape index (κ3) is 1.70. The first-order valence-electron chi connectivity index (χ1n) is 4.32. The number of rotatable bonds is 3. The Balaban J connectivity index is 2.29. The summed E-state index contributed by atoms with van der Waals surface area (Å²) in [6.07, 6.45) is 5.61. The van der Waals surface area contributed by atoms with Crippen molar-refractivity contribution in [2.75, 3.05) is 13.6 Å². The first kappa shape index (κ1) is 8.02. The molecule has 0 saturated heterocycles. The molecule has 0 radical (unpaired) electrons. The van der Waals surface area contributed by atoms with Crippen LogP contribution in [0.1, 0.15) is 32.6 Å². The van der Waals surface area contributed by atoms with Gasteiger partial charge in [-0.1, -0.05) is 19.8 Å². The molecule has 1 fully saturated rings. The molecule has 1 saturated carbocycles. The molecule has 60 valence electrons. The number of hydrogen-bond donors (Lipinski definition) is 1. The molecule has 0 amide bonds. The van der Waals surface area contributed by atoms with E-state index in [0.29, 0.717) is 0 Å². The Morgan fingerprint density at radius 1 is 1.40 bits per heavy atom. The second-order valence-electron chi connectivity index (χ2n) is 2.95. The second kappa shape index (κ2) is 3.94. The largest absolute Gasteiger partial charge is 0.258 e. The highest BCUT2D eigenvalue weighted by Gasteiger charge is 2.19. The van der Waals surface area contributed by atoms with Crippen molar-refractivity contribution >= 4 is 0 Å². The smallest absolute Gasteiger partial charge is 0.0243 e. The van der Waals surface area contributed by atoms with Gasteiger partial charge in [0.05, 0.1) is 0 Å². The lowest BCUT2D eigenvalue weighted by atomic mass is 10.2. The molecule has 1 N–H and O–H groups in total. The molecule has 1 aliphatic carbocycles. The molecule has 0 aromatic carbocycles. The average Bonchev–Trinajstić information content (AvgIpc) is 2.43. The first-order chi connectivity index (χ1) is 4.88. The van der Waals surface area contributed by atoms with Crippen molar-refractivity contribution in [2.45, 2.75) is 38.6 Å². The highest BCUT2D eigenvalue weighted by Crippen LogP contribution is 2.21. The number of hydrazine groups is 1. The fourth-order valence-electron chi connectivity index (χ4n) is 1.81. The van der Waals surface area contributed by atoms with Gasteiger partial charge in [0.1, 0.15) is 0 Å². The Kier molecular flexibility index (Phi) is 3.16. The summed E-state index contributed by atoms with van der Waals surface area (Å²) in [5.74, 6) is 0.